The third-order valence-electron chi connectivity index (χ3n) is 2.94. The monoisotopic (exact) mass is 195 g/mol. The lowest BCUT2D eigenvalue weighted by Gasteiger charge is -2.34. The van der Waals surface area contributed by atoms with E-state index in [1.165, 1.54) is 0 Å². The van der Waals surface area contributed by atoms with Gasteiger partial charge in [0.05, 0.1) is 6.10 Å². The van der Waals surface area contributed by atoms with E-state index >= 15 is 0 Å². The number of aliphatic hydroxyl groups excluding tert-OH is 1. The molecular weight excluding hydrogens is 178 g/mol. The second kappa shape index (κ2) is 3.61. The highest BCUT2D eigenvalue weighted by atomic mass is 16.3. The van der Waals surface area contributed by atoms with Gasteiger partial charge in [0.1, 0.15) is 0 Å². The van der Waals surface area contributed by atoms with E-state index in [1.54, 1.807) is 0 Å². The Morgan fingerprint density at radius 3 is 2.93 bits per heavy atom. The molecule has 4 heteroatoms. The van der Waals surface area contributed by atoms with Gasteiger partial charge < -0.3 is 14.6 Å². The summed E-state index contributed by atoms with van der Waals surface area (Å²) < 4.78 is 2.02. The van der Waals surface area contributed by atoms with Crippen molar-refractivity contribution < 1.29 is 5.11 Å². The molecule has 2 atom stereocenters. The maximum atomic E-state index is 9.61. The van der Waals surface area contributed by atoms with E-state index in [0.717, 1.165) is 25.5 Å². The zero-order valence-electron chi connectivity index (χ0n) is 8.72. The molecule has 1 aliphatic heterocycles. The van der Waals surface area contributed by atoms with Crippen molar-refractivity contribution in [2.24, 2.45) is 13.0 Å². The number of hydrogen-bond donors (Lipinski definition) is 1. The minimum atomic E-state index is -0.147. The second-order valence-electron chi connectivity index (χ2n) is 4.12. The van der Waals surface area contributed by atoms with E-state index < -0.39 is 0 Å². The first-order chi connectivity index (χ1) is 6.68. The van der Waals surface area contributed by atoms with Gasteiger partial charge in [-0.1, -0.05) is 6.92 Å². The van der Waals surface area contributed by atoms with Gasteiger partial charge >= 0.3 is 0 Å². The molecule has 0 saturated carbocycles. The number of anilines is 1. The Balaban J connectivity index is 2.10. The fourth-order valence-corrected chi connectivity index (χ4v) is 1.98. The molecule has 1 aliphatic rings. The first-order valence-corrected chi connectivity index (χ1v) is 5.09. The molecule has 1 saturated heterocycles. The number of nitrogens with zero attached hydrogens (tertiary/aromatic N) is 3. The van der Waals surface area contributed by atoms with E-state index in [4.69, 9.17) is 0 Å². The maximum Gasteiger partial charge on any atom is 0.205 e. The molecule has 0 bridgehead atoms. The van der Waals surface area contributed by atoms with Crippen LogP contribution in [0, 0.1) is 5.92 Å². The van der Waals surface area contributed by atoms with Crippen molar-refractivity contribution in [1.82, 2.24) is 9.55 Å². The van der Waals surface area contributed by atoms with Gasteiger partial charge in [-0.15, -0.1) is 0 Å². The van der Waals surface area contributed by atoms with E-state index in [-0.39, 0.29) is 6.10 Å². The van der Waals surface area contributed by atoms with Crippen LogP contribution in [0.3, 0.4) is 0 Å². The number of aromatic nitrogens is 2. The van der Waals surface area contributed by atoms with Crippen molar-refractivity contribution >= 4 is 5.95 Å². The molecule has 2 heterocycles. The average molecular weight is 195 g/mol. The van der Waals surface area contributed by atoms with Crippen LogP contribution in [0.1, 0.15) is 13.3 Å². The van der Waals surface area contributed by atoms with E-state index in [9.17, 15) is 5.11 Å². The van der Waals surface area contributed by atoms with Crippen molar-refractivity contribution in [3.8, 4) is 0 Å². The summed E-state index contributed by atoms with van der Waals surface area (Å²) in [6.07, 6.45) is 4.45. The van der Waals surface area contributed by atoms with Crippen LogP contribution < -0.4 is 4.90 Å². The third-order valence-corrected chi connectivity index (χ3v) is 2.94. The van der Waals surface area contributed by atoms with Gasteiger partial charge in [0.2, 0.25) is 5.95 Å². The lowest BCUT2D eigenvalue weighted by atomic mass is 9.97. The van der Waals surface area contributed by atoms with Crippen LogP contribution in [-0.4, -0.2) is 33.9 Å². The normalized spacial score (nSPS) is 28.1. The van der Waals surface area contributed by atoms with E-state index in [2.05, 4.69) is 16.8 Å². The largest absolute Gasteiger partial charge is 0.393 e. The molecule has 2 unspecified atom stereocenters. The summed E-state index contributed by atoms with van der Waals surface area (Å²) in [6, 6.07) is 0. The Morgan fingerprint density at radius 1 is 1.57 bits per heavy atom. The molecule has 0 spiro atoms. The number of piperidine rings is 1. The standard InChI is InChI=1S/C10H17N3O/c1-8-7-13(5-3-9(8)14)10-11-4-6-12(10)2/h4,6,8-9,14H,3,5,7H2,1-2H3. The molecule has 0 aliphatic carbocycles. The van der Waals surface area contributed by atoms with Crippen LogP contribution in [0.25, 0.3) is 0 Å². The Bertz CT molecular complexity index is 310. The lowest BCUT2D eigenvalue weighted by molar-refractivity contribution is 0.0965. The first kappa shape index (κ1) is 9.52. The van der Waals surface area contributed by atoms with Gasteiger partial charge in [-0.25, -0.2) is 4.98 Å². The number of rotatable bonds is 1. The summed E-state index contributed by atoms with van der Waals surface area (Å²) in [7, 11) is 2.00. The number of imidazole rings is 1. The molecule has 2 rings (SSSR count). The molecule has 1 aromatic rings. The topological polar surface area (TPSA) is 41.3 Å². The predicted octanol–water partition coefficient (Wildman–Crippen LogP) is 0.627. The summed E-state index contributed by atoms with van der Waals surface area (Å²) >= 11 is 0. The zero-order valence-corrected chi connectivity index (χ0v) is 8.72. The van der Waals surface area contributed by atoms with Gasteiger partial charge in [0.15, 0.2) is 0 Å². The summed E-state index contributed by atoms with van der Waals surface area (Å²) in [5.74, 6) is 1.34. The van der Waals surface area contributed by atoms with Crippen molar-refractivity contribution in [3.63, 3.8) is 0 Å². The third kappa shape index (κ3) is 1.62. The summed E-state index contributed by atoms with van der Waals surface area (Å²) in [5.41, 5.74) is 0. The Morgan fingerprint density at radius 2 is 2.36 bits per heavy atom. The summed E-state index contributed by atoms with van der Waals surface area (Å²) in [5, 5.41) is 9.61. The fraction of sp³-hybridized carbons (Fsp3) is 0.700. The molecule has 1 N–H and O–H groups in total. The van der Waals surface area contributed by atoms with Crippen molar-refractivity contribution in [2.75, 3.05) is 18.0 Å². The molecule has 4 nitrogen and oxygen atoms in total. The van der Waals surface area contributed by atoms with Crippen molar-refractivity contribution in [2.45, 2.75) is 19.4 Å². The van der Waals surface area contributed by atoms with Crippen LogP contribution in [0.5, 0.6) is 0 Å². The Labute approximate surface area is 84.2 Å². The van der Waals surface area contributed by atoms with Gasteiger partial charge in [-0.05, 0) is 12.3 Å². The molecule has 0 radical (unpaired) electrons. The van der Waals surface area contributed by atoms with Crippen molar-refractivity contribution in [1.29, 1.82) is 0 Å². The SMILES string of the molecule is CC1CN(c2nccn2C)CCC1O. The van der Waals surface area contributed by atoms with Crippen LogP contribution in [-0.2, 0) is 7.05 Å². The average Bonchev–Trinajstić information content (AvgIpc) is 2.57. The number of hydrogen-bond acceptors (Lipinski definition) is 3. The van der Waals surface area contributed by atoms with E-state index in [0.29, 0.717) is 5.92 Å². The van der Waals surface area contributed by atoms with Gasteiger partial charge in [-0.3, -0.25) is 0 Å². The fourth-order valence-electron chi connectivity index (χ4n) is 1.98. The molecule has 78 valence electrons. The molecule has 1 fully saturated rings. The highest BCUT2D eigenvalue weighted by molar-refractivity contribution is 5.31. The van der Waals surface area contributed by atoms with Crippen LogP contribution in [0.4, 0.5) is 5.95 Å². The summed E-state index contributed by atoms with van der Waals surface area (Å²) in [4.78, 5) is 6.54. The molecule has 1 aromatic heterocycles. The zero-order chi connectivity index (χ0) is 10.1. The maximum absolute atomic E-state index is 9.61. The van der Waals surface area contributed by atoms with Crippen LogP contribution >= 0.6 is 0 Å². The highest BCUT2D eigenvalue weighted by Crippen LogP contribution is 2.21. The van der Waals surface area contributed by atoms with Gasteiger partial charge in [0, 0.05) is 32.5 Å². The highest BCUT2D eigenvalue weighted by Gasteiger charge is 2.25. The molecular formula is C10H17N3O. The smallest absolute Gasteiger partial charge is 0.205 e. The van der Waals surface area contributed by atoms with Crippen LogP contribution in [0.15, 0.2) is 12.4 Å². The Hall–Kier alpha value is -1.03. The first-order valence-electron chi connectivity index (χ1n) is 5.09. The van der Waals surface area contributed by atoms with Gasteiger partial charge in [-0.2, -0.15) is 0 Å². The van der Waals surface area contributed by atoms with Crippen LogP contribution in [0.2, 0.25) is 0 Å². The summed E-state index contributed by atoms with van der Waals surface area (Å²) in [6.45, 7) is 3.88. The number of aliphatic hydroxyl groups is 1. The van der Waals surface area contributed by atoms with E-state index in [1.807, 2.05) is 24.0 Å². The second-order valence-corrected chi connectivity index (χ2v) is 4.12. The van der Waals surface area contributed by atoms with Crippen molar-refractivity contribution in [3.05, 3.63) is 12.4 Å². The molecule has 0 aromatic carbocycles. The van der Waals surface area contributed by atoms with Gasteiger partial charge in [0.25, 0.3) is 0 Å². The quantitative estimate of drug-likeness (QED) is 0.714. The molecule has 0 amide bonds. The predicted molar refractivity (Wildman–Crippen MR) is 55.2 cm³/mol. The minimum Gasteiger partial charge on any atom is -0.393 e. The molecule has 14 heavy (non-hydrogen) atoms. The number of aryl methyl sites for hydroxylation is 1. The Kier molecular flexibility index (Phi) is 2.46. The minimum absolute atomic E-state index is 0.147. The lowest BCUT2D eigenvalue weighted by Crippen LogP contribution is -2.42.